The maximum Gasteiger partial charge on any atom is 0.332 e. The van der Waals surface area contributed by atoms with Gasteiger partial charge >= 0.3 is 11.7 Å². The van der Waals surface area contributed by atoms with Crippen molar-refractivity contribution in [2.24, 2.45) is 5.92 Å². The maximum atomic E-state index is 13.6. The molecule has 196 valence electrons. The van der Waals surface area contributed by atoms with Crippen LogP contribution in [0.2, 0.25) is 0 Å². The predicted molar refractivity (Wildman–Crippen MR) is 137 cm³/mol. The molecule has 0 aromatic carbocycles. The normalized spacial score (nSPS) is 22.0. The van der Waals surface area contributed by atoms with Crippen molar-refractivity contribution in [2.45, 2.75) is 84.3 Å². The zero-order valence-corrected chi connectivity index (χ0v) is 22.3. The fraction of sp³-hybridized carbons (Fsp3) is 0.667. The number of rotatable bonds is 7. The molecule has 1 aliphatic heterocycles. The van der Waals surface area contributed by atoms with E-state index < -0.39 is 11.1 Å². The molecule has 2 aromatic heterocycles. The van der Waals surface area contributed by atoms with Gasteiger partial charge in [-0.25, -0.2) is 9.59 Å². The number of nitrogens with one attached hydrogen (secondary N) is 1. The van der Waals surface area contributed by atoms with Crippen molar-refractivity contribution in [2.75, 3.05) is 18.9 Å². The molecule has 4 rings (SSSR count). The first-order valence-electron chi connectivity index (χ1n) is 12.5. The van der Waals surface area contributed by atoms with E-state index in [1.807, 2.05) is 6.92 Å². The Bertz CT molecular complexity index is 1320. The lowest BCUT2D eigenvalue weighted by Crippen LogP contribution is -2.47. The average Bonchev–Trinajstić information content (AvgIpc) is 3.29. The van der Waals surface area contributed by atoms with Gasteiger partial charge in [-0.2, -0.15) is 4.37 Å². The Balaban J connectivity index is 1.62. The van der Waals surface area contributed by atoms with E-state index in [1.54, 1.807) is 23.3 Å². The molecule has 0 spiro atoms. The SMILES string of the molecule is CCCCn1c(=O)n(C2CCC(CN3C(=O)N(C)C(=O)C3(C)C)CC2)c(=O)c2c(NC(C)=O)snc21. The summed E-state index contributed by atoms with van der Waals surface area (Å²) in [6.45, 7) is 7.83. The third-order valence-electron chi connectivity index (χ3n) is 7.47. The van der Waals surface area contributed by atoms with Gasteiger partial charge in [-0.05, 0) is 63.4 Å². The first-order chi connectivity index (χ1) is 17.0. The van der Waals surface area contributed by atoms with Crippen LogP contribution in [0, 0.1) is 5.92 Å². The van der Waals surface area contributed by atoms with Crippen LogP contribution in [-0.2, 0) is 16.1 Å². The molecule has 1 N–H and O–H groups in total. The fourth-order valence-corrected chi connectivity index (χ4v) is 6.18. The van der Waals surface area contributed by atoms with Gasteiger partial charge in [0.05, 0.1) is 0 Å². The van der Waals surface area contributed by atoms with E-state index >= 15 is 0 Å². The van der Waals surface area contributed by atoms with Gasteiger partial charge in [-0.15, -0.1) is 0 Å². The van der Waals surface area contributed by atoms with Crippen LogP contribution in [-0.4, -0.2) is 60.3 Å². The van der Waals surface area contributed by atoms with Crippen molar-refractivity contribution in [3.63, 3.8) is 0 Å². The molecule has 0 unspecified atom stereocenters. The van der Waals surface area contributed by atoms with Gasteiger partial charge in [0.2, 0.25) is 5.91 Å². The Labute approximate surface area is 213 Å². The zero-order valence-electron chi connectivity index (χ0n) is 21.5. The largest absolute Gasteiger partial charge is 0.332 e. The fourth-order valence-electron chi connectivity index (χ4n) is 5.35. The highest BCUT2D eigenvalue weighted by Gasteiger charge is 2.50. The van der Waals surface area contributed by atoms with E-state index in [9.17, 15) is 24.0 Å². The molecule has 0 atom stereocenters. The number of amides is 4. The van der Waals surface area contributed by atoms with Gasteiger partial charge in [0.25, 0.3) is 11.5 Å². The topological polar surface area (TPSA) is 127 Å². The summed E-state index contributed by atoms with van der Waals surface area (Å²) in [4.78, 5) is 66.6. The number of aromatic nitrogens is 3. The second kappa shape index (κ2) is 9.79. The summed E-state index contributed by atoms with van der Waals surface area (Å²) < 4.78 is 7.24. The smallest absolute Gasteiger partial charge is 0.316 e. The number of fused-ring (bicyclic) bond motifs is 1. The molecule has 2 aromatic rings. The summed E-state index contributed by atoms with van der Waals surface area (Å²) >= 11 is 1.01. The van der Waals surface area contributed by atoms with Gasteiger partial charge in [0.15, 0.2) is 5.65 Å². The second-order valence-corrected chi connectivity index (χ2v) is 11.1. The molecule has 2 fully saturated rings. The highest BCUT2D eigenvalue weighted by atomic mass is 32.1. The molecule has 2 aliphatic rings. The van der Waals surface area contributed by atoms with Crippen LogP contribution in [0.1, 0.15) is 72.3 Å². The molecule has 11 nitrogen and oxygen atoms in total. The number of unbranched alkanes of at least 4 members (excludes halogenated alkanes) is 1. The van der Waals surface area contributed by atoms with Gasteiger partial charge in [-0.1, -0.05) is 13.3 Å². The molecule has 1 aliphatic carbocycles. The van der Waals surface area contributed by atoms with Crippen molar-refractivity contribution in [1.29, 1.82) is 0 Å². The lowest BCUT2D eigenvalue weighted by molar-refractivity contribution is -0.131. The number of hydrogen-bond acceptors (Lipinski definition) is 7. The number of likely N-dealkylation sites (N-methyl/N-ethyl adjacent to an activating group) is 1. The van der Waals surface area contributed by atoms with E-state index in [4.69, 9.17) is 0 Å². The van der Waals surface area contributed by atoms with Crippen LogP contribution in [0.5, 0.6) is 0 Å². The lowest BCUT2D eigenvalue weighted by Gasteiger charge is -2.35. The van der Waals surface area contributed by atoms with Crippen LogP contribution in [0.15, 0.2) is 9.59 Å². The number of anilines is 1. The first-order valence-corrected chi connectivity index (χ1v) is 13.3. The van der Waals surface area contributed by atoms with Crippen molar-refractivity contribution >= 4 is 45.4 Å². The Kier molecular flexibility index (Phi) is 7.09. The molecule has 0 bridgehead atoms. The van der Waals surface area contributed by atoms with Crippen LogP contribution in [0.4, 0.5) is 9.80 Å². The Morgan fingerprint density at radius 2 is 1.81 bits per heavy atom. The van der Waals surface area contributed by atoms with Crippen LogP contribution in [0.25, 0.3) is 11.0 Å². The summed E-state index contributed by atoms with van der Waals surface area (Å²) in [6, 6.07) is -0.571. The number of nitrogens with zero attached hydrogens (tertiary/aromatic N) is 5. The van der Waals surface area contributed by atoms with Gasteiger partial charge < -0.3 is 10.2 Å². The maximum absolute atomic E-state index is 13.6. The molecule has 0 radical (unpaired) electrons. The Morgan fingerprint density at radius 1 is 1.14 bits per heavy atom. The minimum Gasteiger partial charge on any atom is -0.316 e. The summed E-state index contributed by atoms with van der Waals surface area (Å²) in [5.41, 5.74) is -1.36. The van der Waals surface area contributed by atoms with Crippen LogP contribution in [0.3, 0.4) is 0 Å². The molecule has 12 heteroatoms. The molecular weight excluding hydrogens is 484 g/mol. The molecule has 36 heavy (non-hydrogen) atoms. The average molecular weight is 519 g/mol. The van der Waals surface area contributed by atoms with Gasteiger partial charge in [-0.3, -0.25) is 28.4 Å². The van der Waals surface area contributed by atoms with Crippen molar-refractivity contribution < 1.29 is 14.4 Å². The van der Waals surface area contributed by atoms with Crippen LogP contribution < -0.4 is 16.6 Å². The van der Waals surface area contributed by atoms with Gasteiger partial charge in [0, 0.05) is 33.1 Å². The summed E-state index contributed by atoms with van der Waals surface area (Å²) in [5.74, 6) is -0.349. The zero-order chi connectivity index (χ0) is 26.4. The van der Waals surface area contributed by atoms with Crippen molar-refractivity contribution in [3.8, 4) is 0 Å². The monoisotopic (exact) mass is 518 g/mol. The minimum atomic E-state index is -0.885. The molecular formula is C24H34N6O5S. The third kappa shape index (κ3) is 4.35. The number of imide groups is 1. The minimum absolute atomic E-state index is 0.170. The van der Waals surface area contributed by atoms with E-state index in [2.05, 4.69) is 9.69 Å². The Hall–Kier alpha value is -3.02. The number of urea groups is 1. The number of carbonyl (C=O) groups excluding carboxylic acids is 3. The summed E-state index contributed by atoms with van der Waals surface area (Å²) in [6.07, 6.45) is 4.31. The highest BCUT2D eigenvalue weighted by Crippen LogP contribution is 2.35. The van der Waals surface area contributed by atoms with Gasteiger partial charge in [0.1, 0.15) is 15.9 Å². The highest BCUT2D eigenvalue weighted by molar-refractivity contribution is 7.12. The second-order valence-electron chi connectivity index (χ2n) is 10.3. The molecule has 1 saturated carbocycles. The first kappa shape index (κ1) is 26.1. The van der Waals surface area contributed by atoms with E-state index in [1.165, 1.54) is 23.4 Å². The molecule has 4 amide bonds. The van der Waals surface area contributed by atoms with Crippen LogP contribution >= 0.6 is 11.5 Å². The summed E-state index contributed by atoms with van der Waals surface area (Å²) in [7, 11) is 1.50. The number of carbonyl (C=O) groups is 3. The van der Waals surface area contributed by atoms with E-state index in [0.29, 0.717) is 36.6 Å². The lowest BCUT2D eigenvalue weighted by atomic mass is 9.85. The van der Waals surface area contributed by atoms with Crippen molar-refractivity contribution in [1.82, 2.24) is 23.3 Å². The summed E-state index contributed by atoms with van der Waals surface area (Å²) in [5, 5.41) is 3.32. The standard InChI is InChI=1S/C24H34N6O5S/c1-6-7-12-28-18-17(19(36-26-18)25-14(2)31)20(32)30(23(28)35)16-10-8-15(9-11-16)13-29-22(34)27(5)21(33)24(29,3)4/h15-16H,6-13H2,1-5H3,(H,25,31). The molecule has 3 heterocycles. The van der Waals surface area contributed by atoms with E-state index in [-0.39, 0.29) is 40.9 Å². The number of aryl methyl sites for hydroxylation is 1. The van der Waals surface area contributed by atoms with E-state index in [0.717, 1.165) is 37.2 Å². The van der Waals surface area contributed by atoms with Crippen molar-refractivity contribution in [3.05, 3.63) is 20.8 Å². The third-order valence-corrected chi connectivity index (χ3v) is 8.22. The number of hydrogen-bond donors (Lipinski definition) is 1. The quantitative estimate of drug-likeness (QED) is 0.562. The predicted octanol–water partition coefficient (Wildman–Crippen LogP) is 2.78. The Morgan fingerprint density at radius 3 is 2.36 bits per heavy atom. The molecule has 1 saturated heterocycles.